The molecule has 1 amide bonds. The Morgan fingerprint density at radius 2 is 1.96 bits per heavy atom. The highest BCUT2D eigenvalue weighted by Crippen LogP contribution is 2.19. The van der Waals surface area contributed by atoms with Crippen molar-refractivity contribution < 1.29 is 4.79 Å². The summed E-state index contributed by atoms with van der Waals surface area (Å²) in [5.74, 6) is 0.0249. The summed E-state index contributed by atoms with van der Waals surface area (Å²) in [5.41, 5.74) is 1.59. The minimum absolute atomic E-state index is 0.0249. The van der Waals surface area contributed by atoms with E-state index in [-0.39, 0.29) is 11.5 Å². The lowest BCUT2D eigenvalue weighted by atomic mass is 9.93. The Labute approximate surface area is 154 Å². The molecule has 6 nitrogen and oxygen atoms in total. The zero-order valence-corrected chi connectivity index (χ0v) is 14.7. The highest BCUT2D eigenvalue weighted by molar-refractivity contribution is 6.35. The highest BCUT2D eigenvalue weighted by Gasteiger charge is 2.19. The average Bonchev–Trinajstić information content (AvgIpc) is 2.59. The molecule has 0 unspecified atom stereocenters. The van der Waals surface area contributed by atoms with Crippen molar-refractivity contribution in [2.75, 3.05) is 0 Å². The molecule has 3 aromatic rings. The van der Waals surface area contributed by atoms with Gasteiger partial charge >= 0.3 is 0 Å². The molecule has 26 heavy (non-hydrogen) atoms. The molecular formula is C19H17ClN4O2. The summed E-state index contributed by atoms with van der Waals surface area (Å²) in [6.45, 7) is 0. The Morgan fingerprint density at radius 1 is 1.19 bits per heavy atom. The predicted molar refractivity (Wildman–Crippen MR) is 99.6 cm³/mol. The van der Waals surface area contributed by atoms with Crippen LogP contribution in [-0.2, 0) is 11.2 Å². The van der Waals surface area contributed by atoms with E-state index in [0.29, 0.717) is 34.1 Å². The van der Waals surface area contributed by atoms with Crippen LogP contribution in [0.1, 0.15) is 24.8 Å². The molecule has 1 fully saturated rings. The fraction of sp³-hybridized carbons (Fsp3) is 0.263. The van der Waals surface area contributed by atoms with Crippen LogP contribution in [-0.4, -0.2) is 26.9 Å². The maximum absolute atomic E-state index is 12.7. The van der Waals surface area contributed by atoms with Gasteiger partial charge < -0.3 is 5.32 Å². The molecule has 1 aliphatic rings. The summed E-state index contributed by atoms with van der Waals surface area (Å²) < 4.78 is 1.21. The van der Waals surface area contributed by atoms with Gasteiger partial charge in [0.15, 0.2) is 0 Å². The SMILES string of the molecule is O=C(Cc1ccc(-n2nnc3cccc(Cl)c3c2=O)cc1)NC1CCC1. The van der Waals surface area contributed by atoms with Gasteiger partial charge in [-0.25, -0.2) is 0 Å². The Bertz CT molecular complexity index is 1030. The lowest BCUT2D eigenvalue weighted by Crippen LogP contribution is -2.40. The highest BCUT2D eigenvalue weighted by atomic mass is 35.5. The molecule has 4 rings (SSSR count). The second-order valence-electron chi connectivity index (χ2n) is 6.48. The maximum atomic E-state index is 12.7. The standard InChI is InChI=1S/C19H17ClN4O2/c20-15-5-2-6-16-18(15)19(26)24(23-22-16)14-9-7-12(8-10-14)11-17(25)21-13-3-1-4-13/h2,5-10,13H,1,3-4,11H2,(H,21,25). The van der Waals surface area contributed by atoms with Crippen molar-refractivity contribution in [3.8, 4) is 5.69 Å². The zero-order valence-electron chi connectivity index (χ0n) is 14.0. The normalized spacial score (nSPS) is 14.2. The predicted octanol–water partition coefficient (Wildman–Crippen LogP) is 2.65. The first-order valence-electron chi connectivity index (χ1n) is 8.55. The van der Waals surface area contributed by atoms with E-state index in [2.05, 4.69) is 15.6 Å². The quantitative estimate of drug-likeness (QED) is 0.768. The lowest BCUT2D eigenvalue weighted by molar-refractivity contribution is -0.121. The fourth-order valence-electron chi connectivity index (χ4n) is 2.99. The van der Waals surface area contributed by atoms with Crippen molar-refractivity contribution in [2.45, 2.75) is 31.7 Å². The Balaban J connectivity index is 1.58. The Hall–Kier alpha value is -2.73. The van der Waals surface area contributed by atoms with Gasteiger partial charge in [-0.05, 0) is 49.1 Å². The van der Waals surface area contributed by atoms with Crippen LogP contribution in [0.25, 0.3) is 16.6 Å². The molecule has 1 saturated carbocycles. The Kier molecular flexibility index (Phi) is 4.42. The molecule has 0 radical (unpaired) electrons. The molecule has 1 aliphatic carbocycles. The third kappa shape index (κ3) is 3.20. The van der Waals surface area contributed by atoms with Gasteiger partial charge in [0.2, 0.25) is 5.91 Å². The average molecular weight is 369 g/mol. The molecule has 1 N–H and O–H groups in total. The fourth-order valence-corrected chi connectivity index (χ4v) is 3.24. The van der Waals surface area contributed by atoms with Gasteiger partial charge in [-0.2, -0.15) is 4.68 Å². The summed E-state index contributed by atoms with van der Waals surface area (Å²) in [6.07, 6.45) is 3.64. The van der Waals surface area contributed by atoms with Crippen molar-refractivity contribution in [2.24, 2.45) is 0 Å². The topological polar surface area (TPSA) is 76.9 Å². The minimum Gasteiger partial charge on any atom is -0.353 e. The number of halogens is 1. The van der Waals surface area contributed by atoms with Gasteiger partial charge in [-0.3, -0.25) is 9.59 Å². The number of nitrogens with zero attached hydrogens (tertiary/aromatic N) is 3. The van der Waals surface area contributed by atoms with Crippen LogP contribution >= 0.6 is 11.6 Å². The number of carbonyl (C=O) groups excluding carboxylic acids is 1. The first-order chi connectivity index (χ1) is 12.6. The van der Waals surface area contributed by atoms with Crippen LogP contribution in [0.2, 0.25) is 5.02 Å². The van der Waals surface area contributed by atoms with Crippen LogP contribution in [0.3, 0.4) is 0 Å². The second-order valence-corrected chi connectivity index (χ2v) is 6.89. The number of hydrogen-bond acceptors (Lipinski definition) is 4. The molecular weight excluding hydrogens is 352 g/mol. The minimum atomic E-state index is -0.323. The van der Waals surface area contributed by atoms with Gasteiger partial charge in [0.1, 0.15) is 5.52 Å². The van der Waals surface area contributed by atoms with Crippen LogP contribution in [0, 0.1) is 0 Å². The van der Waals surface area contributed by atoms with E-state index in [9.17, 15) is 9.59 Å². The number of aromatic nitrogens is 3. The van der Waals surface area contributed by atoms with Crippen molar-refractivity contribution in [3.63, 3.8) is 0 Å². The molecule has 7 heteroatoms. The number of rotatable bonds is 4. The number of hydrogen-bond donors (Lipinski definition) is 1. The summed E-state index contributed by atoms with van der Waals surface area (Å²) in [6, 6.07) is 12.6. The van der Waals surface area contributed by atoms with Crippen LogP contribution < -0.4 is 10.9 Å². The second kappa shape index (κ2) is 6.88. The third-order valence-electron chi connectivity index (χ3n) is 4.66. The van der Waals surface area contributed by atoms with Crippen molar-refractivity contribution in [1.82, 2.24) is 20.3 Å². The van der Waals surface area contributed by atoms with Crippen LogP contribution in [0.5, 0.6) is 0 Å². The number of fused-ring (bicyclic) bond motifs is 1. The molecule has 2 aromatic carbocycles. The molecule has 1 heterocycles. The zero-order chi connectivity index (χ0) is 18.1. The number of benzene rings is 2. The van der Waals surface area contributed by atoms with Gasteiger partial charge in [0.25, 0.3) is 5.56 Å². The van der Waals surface area contributed by atoms with E-state index in [4.69, 9.17) is 11.6 Å². The van der Waals surface area contributed by atoms with Gasteiger partial charge in [-0.1, -0.05) is 35.0 Å². The molecule has 0 atom stereocenters. The first-order valence-corrected chi connectivity index (χ1v) is 8.92. The van der Waals surface area contributed by atoms with E-state index in [0.717, 1.165) is 18.4 Å². The number of carbonyl (C=O) groups is 1. The van der Waals surface area contributed by atoms with Crippen LogP contribution in [0.15, 0.2) is 47.3 Å². The lowest BCUT2D eigenvalue weighted by Gasteiger charge is -2.26. The van der Waals surface area contributed by atoms with E-state index in [1.54, 1.807) is 30.3 Å². The third-order valence-corrected chi connectivity index (χ3v) is 4.97. The molecule has 1 aromatic heterocycles. The molecule has 132 valence electrons. The van der Waals surface area contributed by atoms with Gasteiger partial charge in [0, 0.05) is 6.04 Å². The van der Waals surface area contributed by atoms with E-state index in [1.165, 1.54) is 11.1 Å². The number of nitrogens with one attached hydrogen (secondary N) is 1. The van der Waals surface area contributed by atoms with Gasteiger partial charge in [-0.15, -0.1) is 5.10 Å². The monoisotopic (exact) mass is 368 g/mol. The Morgan fingerprint density at radius 3 is 2.65 bits per heavy atom. The summed E-state index contributed by atoms with van der Waals surface area (Å²) >= 11 is 6.14. The molecule has 0 spiro atoms. The smallest absolute Gasteiger partial charge is 0.283 e. The van der Waals surface area contributed by atoms with Crippen molar-refractivity contribution in [1.29, 1.82) is 0 Å². The maximum Gasteiger partial charge on any atom is 0.283 e. The summed E-state index contributed by atoms with van der Waals surface area (Å²) in [5, 5.41) is 11.7. The summed E-state index contributed by atoms with van der Waals surface area (Å²) in [7, 11) is 0. The van der Waals surface area contributed by atoms with Crippen LogP contribution in [0.4, 0.5) is 0 Å². The molecule has 0 saturated heterocycles. The largest absolute Gasteiger partial charge is 0.353 e. The summed E-state index contributed by atoms with van der Waals surface area (Å²) in [4.78, 5) is 24.7. The van der Waals surface area contributed by atoms with E-state index >= 15 is 0 Å². The van der Waals surface area contributed by atoms with Gasteiger partial charge in [0.05, 0.1) is 22.5 Å². The first kappa shape index (κ1) is 16.7. The molecule has 0 bridgehead atoms. The van der Waals surface area contributed by atoms with Crippen molar-refractivity contribution in [3.05, 3.63) is 63.4 Å². The van der Waals surface area contributed by atoms with Crippen molar-refractivity contribution >= 4 is 28.4 Å². The van der Waals surface area contributed by atoms with E-state index in [1.807, 2.05) is 12.1 Å². The molecule has 0 aliphatic heterocycles. The number of amides is 1. The van der Waals surface area contributed by atoms with E-state index < -0.39 is 0 Å².